The second-order valence-corrected chi connectivity index (χ2v) is 5.38. The van der Waals surface area contributed by atoms with Crippen LogP contribution >= 0.6 is 11.6 Å². The van der Waals surface area contributed by atoms with Crippen LogP contribution in [0.15, 0.2) is 53.8 Å². The molecule has 3 rings (SSSR count). The predicted molar refractivity (Wildman–Crippen MR) is 89.5 cm³/mol. The average molecular weight is 312 g/mol. The van der Waals surface area contributed by atoms with E-state index in [-0.39, 0.29) is 5.91 Å². The minimum absolute atomic E-state index is 0.332. The van der Waals surface area contributed by atoms with Crippen molar-refractivity contribution in [1.29, 1.82) is 0 Å². The highest BCUT2D eigenvalue weighted by Gasteiger charge is 2.09. The molecule has 0 fully saturated rings. The summed E-state index contributed by atoms with van der Waals surface area (Å²) < 4.78 is 0. The first-order chi connectivity index (χ1) is 10.6. The monoisotopic (exact) mass is 311 g/mol. The molecule has 0 unspecified atom stereocenters. The topological polar surface area (TPSA) is 57.2 Å². The van der Waals surface area contributed by atoms with E-state index < -0.39 is 0 Å². The third-order valence-electron chi connectivity index (χ3n) is 3.36. The molecule has 1 amide bonds. The van der Waals surface area contributed by atoms with E-state index in [0.717, 1.165) is 22.0 Å². The lowest BCUT2D eigenvalue weighted by Crippen LogP contribution is -2.18. The van der Waals surface area contributed by atoms with E-state index in [0.29, 0.717) is 10.6 Å². The summed E-state index contributed by atoms with van der Waals surface area (Å²) >= 11 is 6.06. The summed E-state index contributed by atoms with van der Waals surface area (Å²) in [7, 11) is 0. The van der Waals surface area contributed by atoms with Crippen LogP contribution in [0, 0.1) is 6.92 Å². The minimum atomic E-state index is -0.332. The maximum absolute atomic E-state index is 12.1. The molecule has 1 heterocycles. The molecular formula is C17H14ClN3O. The lowest BCUT2D eigenvalue weighted by atomic mass is 10.1. The van der Waals surface area contributed by atoms with Crippen molar-refractivity contribution in [2.75, 3.05) is 0 Å². The number of benzene rings is 2. The van der Waals surface area contributed by atoms with Crippen LogP contribution in [0.25, 0.3) is 10.9 Å². The molecule has 110 valence electrons. The third-order valence-corrected chi connectivity index (χ3v) is 3.67. The van der Waals surface area contributed by atoms with E-state index in [2.05, 4.69) is 15.5 Å². The first-order valence-corrected chi connectivity index (χ1v) is 7.18. The fraction of sp³-hybridized carbons (Fsp3) is 0.0588. The van der Waals surface area contributed by atoms with Gasteiger partial charge in [-0.05, 0) is 30.7 Å². The van der Waals surface area contributed by atoms with Gasteiger partial charge in [0.1, 0.15) is 0 Å². The third kappa shape index (κ3) is 2.87. The van der Waals surface area contributed by atoms with Crippen LogP contribution in [0.1, 0.15) is 21.5 Å². The van der Waals surface area contributed by atoms with Gasteiger partial charge in [-0.2, -0.15) is 5.10 Å². The van der Waals surface area contributed by atoms with Crippen LogP contribution in [-0.2, 0) is 0 Å². The largest absolute Gasteiger partial charge is 0.361 e. The van der Waals surface area contributed by atoms with Gasteiger partial charge in [0, 0.05) is 22.7 Å². The van der Waals surface area contributed by atoms with Gasteiger partial charge in [0.05, 0.1) is 16.8 Å². The fourth-order valence-corrected chi connectivity index (χ4v) is 2.55. The number of amides is 1. The molecule has 2 aromatic carbocycles. The van der Waals surface area contributed by atoms with Crippen molar-refractivity contribution in [3.63, 3.8) is 0 Å². The van der Waals surface area contributed by atoms with Crippen molar-refractivity contribution >= 4 is 34.6 Å². The summed E-state index contributed by atoms with van der Waals surface area (Å²) in [6, 6.07) is 13.2. The Morgan fingerprint density at radius 2 is 2.09 bits per heavy atom. The van der Waals surface area contributed by atoms with E-state index in [1.165, 1.54) is 0 Å². The molecule has 0 bridgehead atoms. The number of aryl methyl sites for hydroxylation is 1. The predicted octanol–water partition coefficient (Wildman–Crippen LogP) is 3.89. The van der Waals surface area contributed by atoms with Crippen LogP contribution in [0.3, 0.4) is 0 Å². The number of para-hydroxylation sites is 1. The van der Waals surface area contributed by atoms with Crippen molar-refractivity contribution in [3.8, 4) is 0 Å². The number of hydrazone groups is 1. The standard InChI is InChI=1S/C17H14ClN3O/c1-11-6-7-14(15(18)8-11)17(22)21-20-10-12-9-19-16-5-3-2-4-13(12)16/h2-10,19H,1H3,(H,21,22). The van der Waals surface area contributed by atoms with Gasteiger partial charge < -0.3 is 4.98 Å². The summed E-state index contributed by atoms with van der Waals surface area (Å²) in [6.45, 7) is 1.92. The van der Waals surface area contributed by atoms with Crippen molar-refractivity contribution < 1.29 is 4.79 Å². The molecule has 2 N–H and O–H groups in total. The highest BCUT2D eigenvalue weighted by atomic mass is 35.5. The van der Waals surface area contributed by atoms with Crippen molar-refractivity contribution in [2.45, 2.75) is 6.92 Å². The number of carbonyl (C=O) groups is 1. The molecule has 0 aliphatic carbocycles. The quantitative estimate of drug-likeness (QED) is 0.559. The Hall–Kier alpha value is -2.59. The number of aromatic amines is 1. The Morgan fingerprint density at radius 3 is 2.91 bits per heavy atom. The number of halogens is 1. The van der Waals surface area contributed by atoms with Gasteiger partial charge in [-0.1, -0.05) is 35.9 Å². The van der Waals surface area contributed by atoms with Crippen LogP contribution in [0.5, 0.6) is 0 Å². The maximum Gasteiger partial charge on any atom is 0.272 e. The Morgan fingerprint density at radius 1 is 1.27 bits per heavy atom. The summed E-state index contributed by atoms with van der Waals surface area (Å²) in [5.74, 6) is -0.332. The second kappa shape index (κ2) is 6.03. The Kier molecular flexibility index (Phi) is 3.94. The number of rotatable bonds is 3. The summed E-state index contributed by atoms with van der Waals surface area (Å²) in [6.07, 6.45) is 3.46. The van der Waals surface area contributed by atoms with Crippen molar-refractivity contribution in [3.05, 3.63) is 70.4 Å². The summed E-state index contributed by atoms with van der Waals surface area (Å²) in [5.41, 5.74) is 5.84. The van der Waals surface area contributed by atoms with Crippen LogP contribution in [-0.4, -0.2) is 17.1 Å². The van der Waals surface area contributed by atoms with Gasteiger partial charge in [-0.3, -0.25) is 4.79 Å². The summed E-state index contributed by atoms with van der Waals surface area (Å²) in [5, 5.41) is 5.47. The van der Waals surface area contributed by atoms with Crippen molar-refractivity contribution in [2.24, 2.45) is 5.10 Å². The zero-order chi connectivity index (χ0) is 15.5. The van der Waals surface area contributed by atoms with Gasteiger partial charge in [0.2, 0.25) is 0 Å². The molecule has 0 spiro atoms. The molecule has 0 atom stereocenters. The van der Waals surface area contributed by atoms with E-state index in [9.17, 15) is 4.79 Å². The molecule has 3 aromatic rings. The lowest BCUT2D eigenvalue weighted by Gasteiger charge is -2.03. The molecule has 4 nitrogen and oxygen atoms in total. The van der Waals surface area contributed by atoms with Crippen LogP contribution in [0.4, 0.5) is 0 Å². The highest BCUT2D eigenvalue weighted by Crippen LogP contribution is 2.18. The van der Waals surface area contributed by atoms with Gasteiger partial charge in [-0.25, -0.2) is 5.43 Å². The number of aromatic nitrogens is 1. The maximum atomic E-state index is 12.1. The van der Waals surface area contributed by atoms with E-state index >= 15 is 0 Å². The van der Waals surface area contributed by atoms with E-state index in [1.54, 1.807) is 18.3 Å². The second-order valence-electron chi connectivity index (χ2n) is 4.97. The minimum Gasteiger partial charge on any atom is -0.361 e. The Balaban J connectivity index is 1.75. The first kappa shape index (κ1) is 14.4. The smallest absolute Gasteiger partial charge is 0.272 e. The fourth-order valence-electron chi connectivity index (χ4n) is 2.23. The number of hydrogen-bond donors (Lipinski definition) is 2. The zero-order valence-corrected chi connectivity index (χ0v) is 12.7. The Labute approximate surface area is 132 Å². The number of carbonyl (C=O) groups excluding carboxylic acids is 1. The summed E-state index contributed by atoms with van der Waals surface area (Å²) in [4.78, 5) is 15.2. The highest BCUT2D eigenvalue weighted by molar-refractivity contribution is 6.33. The number of nitrogens with zero attached hydrogens (tertiary/aromatic N) is 1. The molecule has 0 saturated heterocycles. The van der Waals surface area contributed by atoms with E-state index in [1.807, 2.05) is 43.5 Å². The van der Waals surface area contributed by atoms with Gasteiger partial charge in [-0.15, -0.1) is 0 Å². The Bertz CT molecular complexity index is 867. The van der Waals surface area contributed by atoms with E-state index in [4.69, 9.17) is 11.6 Å². The number of nitrogens with one attached hydrogen (secondary N) is 2. The molecule has 5 heteroatoms. The van der Waals surface area contributed by atoms with Gasteiger partial charge >= 0.3 is 0 Å². The molecule has 0 radical (unpaired) electrons. The van der Waals surface area contributed by atoms with Gasteiger partial charge in [0.25, 0.3) is 5.91 Å². The normalized spacial score (nSPS) is 11.2. The van der Waals surface area contributed by atoms with Crippen LogP contribution in [0.2, 0.25) is 5.02 Å². The molecule has 0 aliphatic heterocycles. The molecule has 1 aromatic heterocycles. The first-order valence-electron chi connectivity index (χ1n) is 6.81. The molecular weight excluding hydrogens is 298 g/mol. The zero-order valence-electron chi connectivity index (χ0n) is 11.9. The van der Waals surface area contributed by atoms with Gasteiger partial charge in [0.15, 0.2) is 0 Å². The van der Waals surface area contributed by atoms with Crippen molar-refractivity contribution in [1.82, 2.24) is 10.4 Å². The number of fused-ring (bicyclic) bond motifs is 1. The number of H-pyrrole nitrogens is 1. The lowest BCUT2D eigenvalue weighted by molar-refractivity contribution is 0.0955. The SMILES string of the molecule is Cc1ccc(C(=O)NN=Cc2c[nH]c3ccccc23)c(Cl)c1. The van der Waals surface area contributed by atoms with Crippen LogP contribution < -0.4 is 5.43 Å². The number of hydrogen-bond acceptors (Lipinski definition) is 2. The molecule has 22 heavy (non-hydrogen) atoms. The average Bonchev–Trinajstić information content (AvgIpc) is 2.90. The molecule has 0 saturated carbocycles. The molecule has 0 aliphatic rings.